The van der Waals surface area contributed by atoms with Crippen molar-refractivity contribution in [1.82, 2.24) is 24.9 Å². The molecule has 3 aromatic rings. The molecule has 3 fully saturated rings. The number of fused-ring (bicyclic) bond motifs is 1. The lowest BCUT2D eigenvalue weighted by atomic mass is 10.0. The minimum Gasteiger partial charge on any atom is -0.460 e. The summed E-state index contributed by atoms with van der Waals surface area (Å²) >= 11 is 0. The molecule has 2 aliphatic heterocycles. The number of nitrogens with zero attached hydrogens (tertiary/aromatic N) is 4. The first-order chi connectivity index (χ1) is 18.1. The van der Waals surface area contributed by atoms with Crippen molar-refractivity contribution in [3.8, 4) is 17.1 Å². The normalized spacial score (nSPS) is 19.2. The average molecular weight is 507 g/mol. The van der Waals surface area contributed by atoms with Gasteiger partial charge in [0.1, 0.15) is 6.10 Å². The molecule has 2 N–H and O–H groups in total. The maximum absolute atomic E-state index is 12.6. The third kappa shape index (κ3) is 5.55. The van der Waals surface area contributed by atoms with Crippen LogP contribution in [0.25, 0.3) is 16.8 Å². The quantitative estimate of drug-likeness (QED) is 0.478. The van der Waals surface area contributed by atoms with Crippen molar-refractivity contribution < 1.29 is 19.0 Å². The first kappa shape index (κ1) is 24.1. The summed E-state index contributed by atoms with van der Waals surface area (Å²) in [7, 11) is 0. The van der Waals surface area contributed by atoms with Gasteiger partial charge in [0.15, 0.2) is 5.65 Å². The summed E-state index contributed by atoms with van der Waals surface area (Å²) in [5, 5.41) is 11.2. The largest absolute Gasteiger partial charge is 0.460 e. The first-order valence-electron chi connectivity index (χ1n) is 13.4. The van der Waals surface area contributed by atoms with Crippen molar-refractivity contribution >= 4 is 17.5 Å². The van der Waals surface area contributed by atoms with Gasteiger partial charge in [0.2, 0.25) is 5.95 Å². The standard InChI is InChI=1S/C27H34N6O4/c1-17-14-19(2-5-22(17)25(34)30-20-3-4-20)23-16-29-33-24(23)31-27(37-21-8-12-36-13-9-21)32-26(33)28-15-18-6-10-35-11-7-18/h2,5,14,16,18,20-21H,3-4,6-13,15H2,1H3,(H,30,34)(H,28,31,32). The minimum atomic E-state index is -0.0134. The number of ether oxygens (including phenoxy) is 3. The van der Waals surface area contributed by atoms with Crippen LogP contribution in [0.5, 0.6) is 6.01 Å². The van der Waals surface area contributed by atoms with Crippen LogP contribution in [0, 0.1) is 12.8 Å². The lowest BCUT2D eigenvalue weighted by molar-refractivity contribution is 0.0218. The maximum atomic E-state index is 12.6. The number of hydrogen-bond donors (Lipinski definition) is 2. The molecule has 4 heterocycles. The molecule has 1 amide bonds. The maximum Gasteiger partial charge on any atom is 0.322 e. The van der Waals surface area contributed by atoms with Gasteiger partial charge in [-0.1, -0.05) is 12.1 Å². The van der Waals surface area contributed by atoms with E-state index in [1.807, 2.05) is 25.1 Å². The SMILES string of the molecule is Cc1cc(-c2cnn3c(NCC4CCOCC4)nc(OC4CCOCC4)nc23)ccc1C(=O)NC1CC1. The Morgan fingerprint density at radius 2 is 1.81 bits per heavy atom. The smallest absolute Gasteiger partial charge is 0.322 e. The molecule has 0 atom stereocenters. The Balaban J connectivity index is 1.31. The fraction of sp³-hybridized carbons (Fsp3) is 0.556. The Kier molecular flexibility index (Phi) is 6.93. The average Bonchev–Trinajstić information content (AvgIpc) is 3.63. The number of carbonyl (C=O) groups is 1. The summed E-state index contributed by atoms with van der Waals surface area (Å²) in [4.78, 5) is 22.1. The van der Waals surface area contributed by atoms with Crippen LogP contribution in [-0.4, -0.2) is 70.6 Å². The molecule has 196 valence electrons. The molecule has 2 aromatic heterocycles. The molecule has 0 bridgehead atoms. The summed E-state index contributed by atoms with van der Waals surface area (Å²) in [6, 6.07) is 6.53. The summed E-state index contributed by atoms with van der Waals surface area (Å²) in [5.74, 6) is 1.12. The van der Waals surface area contributed by atoms with Crippen molar-refractivity contribution in [2.75, 3.05) is 38.3 Å². The third-order valence-electron chi connectivity index (χ3n) is 7.37. The van der Waals surface area contributed by atoms with E-state index >= 15 is 0 Å². The zero-order valence-corrected chi connectivity index (χ0v) is 21.2. The van der Waals surface area contributed by atoms with Crippen molar-refractivity contribution in [2.45, 2.75) is 57.6 Å². The number of amides is 1. The monoisotopic (exact) mass is 506 g/mol. The second-order valence-electron chi connectivity index (χ2n) is 10.3. The molecular formula is C27H34N6O4. The Hall–Kier alpha value is -3.24. The molecule has 10 nitrogen and oxygen atoms in total. The molecule has 10 heteroatoms. The van der Waals surface area contributed by atoms with E-state index in [-0.39, 0.29) is 12.0 Å². The molecular weight excluding hydrogens is 472 g/mol. The van der Waals surface area contributed by atoms with Crippen LogP contribution >= 0.6 is 0 Å². The fourth-order valence-corrected chi connectivity index (χ4v) is 4.93. The second kappa shape index (κ2) is 10.6. The molecule has 0 radical (unpaired) electrons. The van der Waals surface area contributed by atoms with E-state index in [1.54, 1.807) is 10.7 Å². The highest BCUT2D eigenvalue weighted by molar-refractivity contribution is 5.97. The molecule has 1 aliphatic carbocycles. The highest BCUT2D eigenvalue weighted by atomic mass is 16.5. The van der Waals surface area contributed by atoms with E-state index in [1.165, 1.54) is 0 Å². The van der Waals surface area contributed by atoms with E-state index in [0.717, 1.165) is 75.0 Å². The summed E-state index contributed by atoms with van der Waals surface area (Å²) in [5.41, 5.74) is 4.10. The van der Waals surface area contributed by atoms with Crippen LogP contribution in [0.2, 0.25) is 0 Å². The molecule has 0 unspecified atom stereocenters. The van der Waals surface area contributed by atoms with E-state index in [0.29, 0.717) is 48.3 Å². The number of nitrogens with one attached hydrogen (secondary N) is 2. The van der Waals surface area contributed by atoms with Gasteiger partial charge in [-0.25, -0.2) is 0 Å². The van der Waals surface area contributed by atoms with Crippen LogP contribution in [-0.2, 0) is 9.47 Å². The number of rotatable bonds is 8. The van der Waals surface area contributed by atoms with Gasteiger partial charge in [-0.3, -0.25) is 4.79 Å². The zero-order valence-electron chi connectivity index (χ0n) is 21.2. The van der Waals surface area contributed by atoms with Crippen molar-refractivity contribution in [3.05, 3.63) is 35.5 Å². The Bertz CT molecular complexity index is 1260. The highest BCUT2D eigenvalue weighted by Gasteiger charge is 2.25. The van der Waals surface area contributed by atoms with Crippen molar-refractivity contribution in [1.29, 1.82) is 0 Å². The Morgan fingerprint density at radius 1 is 1.05 bits per heavy atom. The van der Waals surface area contributed by atoms with Gasteiger partial charge >= 0.3 is 6.01 Å². The zero-order chi connectivity index (χ0) is 25.2. The number of hydrogen-bond acceptors (Lipinski definition) is 8. The van der Waals surface area contributed by atoms with Crippen molar-refractivity contribution in [2.24, 2.45) is 5.92 Å². The summed E-state index contributed by atoms with van der Waals surface area (Å²) in [6.45, 7) is 5.70. The predicted molar refractivity (Wildman–Crippen MR) is 138 cm³/mol. The lowest BCUT2D eigenvalue weighted by Crippen LogP contribution is -2.27. The van der Waals surface area contributed by atoms with Gasteiger partial charge in [0.05, 0.1) is 19.4 Å². The van der Waals surface area contributed by atoms with Crippen LogP contribution in [0.3, 0.4) is 0 Å². The number of aromatic nitrogens is 4. The first-order valence-corrected chi connectivity index (χ1v) is 13.4. The second-order valence-corrected chi connectivity index (χ2v) is 10.3. The van der Waals surface area contributed by atoms with Gasteiger partial charge in [0.25, 0.3) is 5.91 Å². The van der Waals surface area contributed by atoms with Gasteiger partial charge < -0.3 is 24.8 Å². The molecule has 1 aromatic carbocycles. The fourth-order valence-electron chi connectivity index (χ4n) is 4.93. The number of aryl methyl sites for hydroxylation is 1. The Labute approximate surface area is 216 Å². The van der Waals surface area contributed by atoms with E-state index in [9.17, 15) is 4.79 Å². The number of carbonyl (C=O) groups excluding carboxylic acids is 1. The number of benzene rings is 1. The Morgan fingerprint density at radius 3 is 2.54 bits per heavy atom. The third-order valence-corrected chi connectivity index (χ3v) is 7.37. The number of anilines is 1. The van der Waals surface area contributed by atoms with Crippen molar-refractivity contribution in [3.63, 3.8) is 0 Å². The molecule has 2 saturated heterocycles. The molecule has 3 aliphatic rings. The van der Waals surface area contributed by atoms with Gasteiger partial charge in [-0.2, -0.15) is 19.6 Å². The predicted octanol–water partition coefficient (Wildman–Crippen LogP) is 3.39. The van der Waals surface area contributed by atoms with E-state index in [4.69, 9.17) is 24.2 Å². The van der Waals surface area contributed by atoms with Gasteiger partial charge in [0, 0.05) is 49.8 Å². The lowest BCUT2D eigenvalue weighted by Gasteiger charge is -2.23. The molecule has 37 heavy (non-hydrogen) atoms. The highest BCUT2D eigenvalue weighted by Crippen LogP contribution is 2.29. The van der Waals surface area contributed by atoms with Gasteiger partial charge in [-0.15, -0.1) is 0 Å². The minimum absolute atomic E-state index is 0.0134. The van der Waals surface area contributed by atoms with E-state index in [2.05, 4.69) is 15.7 Å². The van der Waals surface area contributed by atoms with Crippen LogP contribution in [0.4, 0.5) is 5.95 Å². The van der Waals surface area contributed by atoms with Gasteiger partial charge in [-0.05, 0) is 55.7 Å². The molecule has 0 spiro atoms. The summed E-state index contributed by atoms with van der Waals surface area (Å²) in [6.07, 6.45) is 7.64. The molecule has 1 saturated carbocycles. The van der Waals surface area contributed by atoms with Crippen LogP contribution in [0.1, 0.15) is 54.4 Å². The topological polar surface area (TPSA) is 112 Å². The van der Waals surface area contributed by atoms with E-state index < -0.39 is 0 Å². The summed E-state index contributed by atoms with van der Waals surface area (Å²) < 4.78 is 18.9. The molecule has 6 rings (SSSR count). The van der Waals surface area contributed by atoms with Crippen LogP contribution in [0.15, 0.2) is 24.4 Å². The van der Waals surface area contributed by atoms with Crippen LogP contribution < -0.4 is 15.4 Å².